The predicted octanol–water partition coefficient (Wildman–Crippen LogP) is 3.23. The molecule has 0 spiro atoms. The van der Waals surface area contributed by atoms with Crippen LogP contribution in [-0.2, 0) is 12.8 Å². The number of aromatic nitrogens is 1. The van der Waals surface area contributed by atoms with Crippen LogP contribution in [0.5, 0.6) is 0 Å². The van der Waals surface area contributed by atoms with Gasteiger partial charge < -0.3 is 5.73 Å². The Hall–Kier alpha value is -3.14. The number of carbonyl (C=O) groups excluding carboxylic acids is 1. The first-order chi connectivity index (χ1) is 11.6. The SMILES string of the molecule is NC(=O)n1c(CCc2ccccc2)cc(-c2ccccc2)cc1=O. The lowest BCUT2D eigenvalue weighted by molar-refractivity contribution is 0.249. The molecule has 1 heterocycles. The monoisotopic (exact) mass is 318 g/mol. The lowest BCUT2D eigenvalue weighted by atomic mass is 10.0. The summed E-state index contributed by atoms with van der Waals surface area (Å²) in [6.07, 6.45) is 1.29. The van der Waals surface area contributed by atoms with Gasteiger partial charge in [-0.3, -0.25) is 4.79 Å². The molecule has 3 aromatic rings. The van der Waals surface area contributed by atoms with Crippen molar-refractivity contribution in [3.63, 3.8) is 0 Å². The molecule has 0 unspecified atom stereocenters. The summed E-state index contributed by atoms with van der Waals surface area (Å²) < 4.78 is 1.05. The minimum absolute atomic E-state index is 0.396. The fraction of sp³-hybridized carbons (Fsp3) is 0.100. The molecule has 24 heavy (non-hydrogen) atoms. The molecule has 2 N–H and O–H groups in total. The van der Waals surface area contributed by atoms with Crippen LogP contribution in [0.3, 0.4) is 0 Å². The van der Waals surface area contributed by atoms with E-state index in [2.05, 4.69) is 0 Å². The Bertz CT molecular complexity index is 900. The number of rotatable bonds is 4. The lowest BCUT2D eigenvalue weighted by Gasteiger charge is -2.12. The summed E-state index contributed by atoms with van der Waals surface area (Å²) >= 11 is 0. The molecule has 0 saturated carbocycles. The second kappa shape index (κ2) is 6.96. The van der Waals surface area contributed by atoms with Crippen molar-refractivity contribution in [2.75, 3.05) is 0 Å². The van der Waals surface area contributed by atoms with E-state index >= 15 is 0 Å². The van der Waals surface area contributed by atoms with Crippen LogP contribution in [0.4, 0.5) is 4.79 Å². The van der Waals surface area contributed by atoms with Crippen molar-refractivity contribution in [2.24, 2.45) is 5.73 Å². The zero-order chi connectivity index (χ0) is 16.9. The summed E-state index contributed by atoms with van der Waals surface area (Å²) in [7, 11) is 0. The molecule has 0 radical (unpaired) electrons. The number of nitrogens with zero attached hydrogens (tertiary/aromatic N) is 1. The standard InChI is InChI=1S/C20H18N2O2/c21-20(24)22-18(12-11-15-7-3-1-4-8-15)13-17(14-19(22)23)16-9-5-2-6-10-16/h1-10,13-14H,11-12H2,(H2,21,24). The Kier molecular flexibility index (Phi) is 4.57. The average molecular weight is 318 g/mol. The number of nitrogens with two attached hydrogens (primary N) is 1. The maximum atomic E-state index is 12.3. The van der Waals surface area contributed by atoms with E-state index in [0.717, 1.165) is 27.7 Å². The van der Waals surface area contributed by atoms with Crippen LogP contribution in [0, 0.1) is 0 Å². The first-order valence-electron chi connectivity index (χ1n) is 7.80. The molecule has 1 amide bonds. The van der Waals surface area contributed by atoms with Crippen molar-refractivity contribution in [3.05, 3.63) is 94.4 Å². The minimum Gasteiger partial charge on any atom is -0.351 e. The highest BCUT2D eigenvalue weighted by Crippen LogP contribution is 2.19. The van der Waals surface area contributed by atoms with E-state index < -0.39 is 11.6 Å². The number of benzene rings is 2. The molecule has 3 rings (SSSR count). The maximum absolute atomic E-state index is 12.3. The molecule has 0 atom stereocenters. The Labute approximate surface area is 140 Å². The van der Waals surface area contributed by atoms with Crippen molar-refractivity contribution in [1.29, 1.82) is 0 Å². The van der Waals surface area contributed by atoms with E-state index in [1.165, 1.54) is 6.07 Å². The zero-order valence-electron chi connectivity index (χ0n) is 13.2. The molecule has 1 aromatic heterocycles. The zero-order valence-corrected chi connectivity index (χ0v) is 13.2. The molecule has 0 fully saturated rings. The normalized spacial score (nSPS) is 10.5. The van der Waals surface area contributed by atoms with Gasteiger partial charge >= 0.3 is 6.03 Å². The summed E-state index contributed by atoms with van der Waals surface area (Å²) in [5, 5.41) is 0. The van der Waals surface area contributed by atoms with Crippen LogP contribution in [0.2, 0.25) is 0 Å². The van der Waals surface area contributed by atoms with Crippen molar-refractivity contribution in [2.45, 2.75) is 12.8 Å². The van der Waals surface area contributed by atoms with Gasteiger partial charge in [0, 0.05) is 11.8 Å². The Morgan fingerprint density at radius 2 is 1.46 bits per heavy atom. The van der Waals surface area contributed by atoms with E-state index in [1.54, 1.807) is 0 Å². The molecule has 0 aliphatic rings. The van der Waals surface area contributed by atoms with Crippen molar-refractivity contribution in [3.8, 4) is 11.1 Å². The van der Waals surface area contributed by atoms with E-state index in [1.807, 2.05) is 66.7 Å². The first kappa shape index (κ1) is 15.7. The van der Waals surface area contributed by atoms with Crippen LogP contribution in [0.25, 0.3) is 11.1 Å². The maximum Gasteiger partial charge on any atom is 0.326 e. The molecule has 120 valence electrons. The van der Waals surface area contributed by atoms with Gasteiger partial charge in [-0.15, -0.1) is 0 Å². The van der Waals surface area contributed by atoms with Gasteiger partial charge in [-0.05, 0) is 35.6 Å². The van der Waals surface area contributed by atoms with Crippen LogP contribution >= 0.6 is 0 Å². The number of amides is 1. The molecule has 0 aliphatic heterocycles. The van der Waals surface area contributed by atoms with Gasteiger partial charge in [0.2, 0.25) is 0 Å². The van der Waals surface area contributed by atoms with Gasteiger partial charge in [0.05, 0.1) is 0 Å². The van der Waals surface area contributed by atoms with Crippen molar-refractivity contribution < 1.29 is 4.79 Å². The summed E-state index contributed by atoms with van der Waals surface area (Å²) in [5.41, 5.74) is 8.50. The van der Waals surface area contributed by atoms with Crippen LogP contribution < -0.4 is 11.3 Å². The molecule has 4 heteroatoms. The van der Waals surface area contributed by atoms with Gasteiger partial charge in [-0.2, -0.15) is 0 Å². The average Bonchev–Trinajstić information content (AvgIpc) is 2.60. The van der Waals surface area contributed by atoms with Gasteiger partial charge in [-0.25, -0.2) is 9.36 Å². The van der Waals surface area contributed by atoms with Crippen LogP contribution in [0.1, 0.15) is 11.3 Å². The van der Waals surface area contributed by atoms with E-state index in [4.69, 9.17) is 5.73 Å². The Morgan fingerprint density at radius 3 is 2.08 bits per heavy atom. The summed E-state index contributed by atoms with van der Waals surface area (Å²) in [5.74, 6) is 0. The molecule has 0 saturated heterocycles. The second-order valence-electron chi connectivity index (χ2n) is 5.60. The summed E-state index contributed by atoms with van der Waals surface area (Å²) in [6, 6.07) is 22.1. The van der Waals surface area contributed by atoms with Crippen molar-refractivity contribution >= 4 is 6.03 Å². The van der Waals surface area contributed by atoms with Gasteiger partial charge in [0.25, 0.3) is 5.56 Å². The molecule has 2 aromatic carbocycles. The molecular weight excluding hydrogens is 300 g/mol. The topological polar surface area (TPSA) is 65.1 Å². The van der Waals surface area contributed by atoms with E-state index in [9.17, 15) is 9.59 Å². The fourth-order valence-corrected chi connectivity index (χ4v) is 2.77. The Morgan fingerprint density at radius 1 is 0.833 bits per heavy atom. The highest BCUT2D eigenvalue weighted by Gasteiger charge is 2.12. The van der Waals surface area contributed by atoms with E-state index in [-0.39, 0.29) is 0 Å². The third kappa shape index (κ3) is 3.43. The number of primary amides is 1. The highest BCUT2D eigenvalue weighted by atomic mass is 16.2. The number of carbonyl (C=O) groups is 1. The van der Waals surface area contributed by atoms with Crippen molar-refractivity contribution in [1.82, 2.24) is 4.57 Å². The van der Waals surface area contributed by atoms with E-state index in [0.29, 0.717) is 12.1 Å². The van der Waals surface area contributed by atoms with Gasteiger partial charge in [0.1, 0.15) is 0 Å². The number of aryl methyl sites for hydroxylation is 2. The number of pyridine rings is 1. The van der Waals surface area contributed by atoms with Crippen LogP contribution in [0.15, 0.2) is 77.6 Å². The molecule has 0 aliphatic carbocycles. The first-order valence-corrected chi connectivity index (χ1v) is 7.80. The fourth-order valence-electron chi connectivity index (χ4n) is 2.77. The number of hydrogen-bond donors (Lipinski definition) is 1. The smallest absolute Gasteiger partial charge is 0.326 e. The lowest BCUT2D eigenvalue weighted by Crippen LogP contribution is -2.34. The quantitative estimate of drug-likeness (QED) is 0.802. The Balaban J connectivity index is 2.00. The summed E-state index contributed by atoms with van der Waals surface area (Å²) in [4.78, 5) is 24.0. The predicted molar refractivity (Wildman–Crippen MR) is 95.0 cm³/mol. The summed E-state index contributed by atoms with van der Waals surface area (Å²) in [6.45, 7) is 0. The van der Waals surface area contributed by atoms with Crippen LogP contribution in [-0.4, -0.2) is 10.6 Å². The highest BCUT2D eigenvalue weighted by molar-refractivity contribution is 5.76. The second-order valence-corrected chi connectivity index (χ2v) is 5.60. The third-order valence-electron chi connectivity index (χ3n) is 3.95. The van der Waals surface area contributed by atoms with Gasteiger partial charge in [0.15, 0.2) is 0 Å². The molecular formula is C20H18N2O2. The largest absolute Gasteiger partial charge is 0.351 e. The minimum atomic E-state index is -0.748. The number of hydrogen-bond acceptors (Lipinski definition) is 2. The van der Waals surface area contributed by atoms with Gasteiger partial charge in [-0.1, -0.05) is 60.7 Å². The third-order valence-corrected chi connectivity index (χ3v) is 3.95. The molecule has 4 nitrogen and oxygen atoms in total. The molecule has 0 bridgehead atoms.